The number of ether oxygens (including phenoxy) is 1. The first-order valence-electron chi connectivity index (χ1n) is 15.4. The summed E-state index contributed by atoms with van der Waals surface area (Å²) in [5, 5.41) is 5.97. The monoisotopic (exact) mass is 579 g/mol. The van der Waals surface area contributed by atoms with E-state index in [2.05, 4.69) is 31.4 Å². The molecule has 0 aliphatic heterocycles. The van der Waals surface area contributed by atoms with Crippen LogP contribution in [0.5, 0.6) is 0 Å². The molecule has 0 radical (unpaired) electrons. The Morgan fingerprint density at radius 1 is 0.905 bits per heavy atom. The van der Waals surface area contributed by atoms with E-state index >= 15 is 0 Å². The summed E-state index contributed by atoms with van der Waals surface area (Å²) in [7, 11) is 0. The zero-order chi connectivity index (χ0) is 31.4. The summed E-state index contributed by atoms with van der Waals surface area (Å²) in [6.07, 6.45) is 3.01. The highest BCUT2D eigenvalue weighted by Crippen LogP contribution is 2.32. The molecule has 0 spiro atoms. The minimum atomic E-state index is -0.931. The van der Waals surface area contributed by atoms with Gasteiger partial charge in [0.05, 0.1) is 0 Å². The van der Waals surface area contributed by atoms with Crippen LogP contribution in [0.3, 0.4) is 0 Å². The maximum atomic E-state index is 14.8. The van der Waals surface area contributed by atoms with Gasteiger partial charge in [0.25, 0.3) is 0 Å². The van der Waals surface area contributed by atoms with Crippen molar-refractivity contribution in [2.24, 2.45) is 5.92 Å². The number of rotatable bonds is 14. The number of alkyl carbamates (subject to hydrolysis) is 1. The number of hydrogen-bond acceptors (Lipinski definition) is 4. The van der Waals surface area contributed by atoms with Crippen LogP contribution in [0.15, 0.2) is 48.5 Å². The van der Waals surface area contributed by atoms with E-state index in [1.54, 1.807) is 25.7 Å². The lowest BCUT2D eigenvalue weighted by Gasteiger charge is -2.40. The first kappa shape index (κ1) is 34.8. The molecule has 2 aromatic rings. The topological polar surface area (TPSA) is 87.7 Å². The number of aryl methyl sites for hydroxylation is 2. The van der Waals surface area contributed by atoms with Gasteiger partial charge in [-0.05, 0) is 89.0 Å². The third kappa shape index (κ3) is 10.8. The Balaban J connectivity index is 2.68. The number of nitrogens with zero attached hydrogens (tertiary/aromatic N) is 1. The largest absolute Gasteiger partial charge is 0.444 e. The molecule has 0 saturated carbocycles. The van der Waals surface area contributed by atoms with Crippen LogP contribution < -0.4 is 10.6 Å². The Morgan fingerprint density at radius 3 is 2.07 bits per heavy atom. The van der Waals surface area contributed by atoms with Gasteiger partial charge in [0.2, 0.25) is 11.8 Å². The van der Waals surface area contributed by atoms with Gasteiger partial charge in [-0.1, -0.05) is 75.7 Å². The number of benzene rings is 2. The lowest BCUT2D eigenvalue weighted by Crippen LogP contribution is -2.56. The van der Waals surface area contributed by atoms with Crippen LogP contribution in [0.1, 0.15) is 102 Å². The molecule has 0 aliphatic rings. The molecule has 232 valence electrons. The van der Waals surface area contributed by atoms with E-state index in [0.29, 0.717) is 12.5 Å². The molecular weight excluding hydrogens is 526 g/mol. The van der Waals surface area contributed by atoms with Crippen molar-refractivity contribution in [1.82, 2.24) is 15.5 Å². The van der Waals surface area contributed by atoms with E-state index in [1.165, 1.54) is 0 Å². The minimum absolute atomic E-state index is 0.207. The number of carbonyl (C=O) groups excluding carboxylic acids is 3. The van der Waals surface area contributed by atoms with Crippen LogP contribution in [0.2, 0.25) is 0 Å². The number of hydrogen-bond donors (Lipinski definition) is 2. The van der Waals surface area contributed by atoms with Gasteiger partial charge in [0, 0.05) is 19.0 Å². The fraction of sp³-hybridized carbons (Fsp3) is 0.571. The Kier molecular flexibility index (Phi) is 13.5. The first-order valence-corrected chi connectivity index (χ1v) is 15.4. The predicted octanol–water partition coefficient (Wildman–Crippen LogP) is 7.05. The van der Waals surface area contributed by atoms with Gasteiger partial charge in [0.15, 0.2) is 0 Å². The number of unbranched alkanes of at least 4 members (excludes halogenated alkanes) is 1. The van der Waals surface area contributed by atoms with Crippen LogP contribution in [0.4, 0.5) is 4.79 Å². The van der Waals surface area contributed by atoms with E-state index in [1.807, 2.05) is 69.3 Å². The second kappa shape index (κ2) is 16.3. The van der Waals surface area contributed by atoms with Crippen molar-refractivity contribution in [1.29, 1.82) is 0 Å². The summed E-state index contributed by atoms with van der Waals surface area (Å²) in [6, 6.07) is 13.5. The van der Waals surface area contributed by atoms with Gasteiger partial charge in [-0.2, -0.15) is 0 Å². The van der Waals surface area contributed by atoms with Crippen molar-refractivity contribution < 1.29 is 19.1 Å². The Morgan fingerprint density at radius 2 is 1.52 bits per heavy atom. The summed E-state index contributed by atoms with van der Waals surface area (Å²) in [6.45, 7) is 18.3. The van der Waals surface area contributed by atoms with E-state index in [4.69, 9.17) is 4.74 Å². The molecular formula is C35H53N3O4. The fourth-order valence-electron chi connectivity index (χ4n) is 5.13. The zero-order valence-electron chi connectivity index (χ0n) is 27.3. The van der Waals surface area contributed by atoms with Crippen molar-refractivity contribution in [2.75, 3.05) is 6.54 Å². The van der Waals surface area contributed by atoms with E-state index in [9.17, 15) is 14.4 Å². The van der Waals surface area contributed by atoms with E-state index in [-0.39, 0.29) is 24.3 Å². The van der Waals surface area contributed by atoms with E-state index < -0.39 is 23.8 Å². The van der Waals surface area contributed by atoms with Crippen LogP contribution in [-0.2, 0) is 20.7 Å². The van der Waals surface area contributed by atoms with Crippen molar-refractivity contribution in [3.05, 3.63) is 70.8 Å². The average Bonchev–Trinajstić information content (AvgIpc) is 2.90. The third-order valence-corrected chi connectivity index (χ3v) is 7.33. The minimum Gasteiger partial charge on any atom is -0.444 e. The molecule has 3 unspecified atom stereocenters. The third-order valence-electron chi connectivity index (χ3n) is 7.33. The average molecular weight is 580 g/mol. The molecule has 0 fully saturated rings. The van der Waals surface area contributed by atoms with Gasteiger partial charge in [-0.3, -0.25) is 9.59 Å². The Hall–Kier alpha value is -3.35. The molecule has 0 saturated heterocycles. The van der Waals surface area contributed by atoms with Gasteiger partial charge < -0.3 is 20.3 Å². The summed E-state index contributed by atoms with van der Waals surface area (Å²) < 4.78 is 5.57. The first-order chi connectivity index (χ1) is 19.7. The molecule has 3 atom stereocenters. The van der Waals surface area contributed by atoms with E-state index in [0.717, 1.165) is 47.9 Å². The smallest absolute Gasteiger partial charge is 0.408 e. The highest BCUT2D eigenvalue weighted by molar-refractivity contribution is 5.93. The second-order valence-electron chi connectivity index (χ2n) is 12.8. The SMILES string of the molecule is CCCCNC(=O)C(c1c(C)cccc1C)N(C(=O)C(Cc1ccccc1)NC(=O)OC(C)(C)C)C(C)CCC(C)C. The molecule has 42 heavy (non-hydrogen) atoms. The molecule has 7 nitrogen and oxygen atoms in total. The molecule has 2 aromatic carbocycles. The van der Waals surface area contributed by atoms with Crippen LogP contribution >= 0.6 is 0 Å². The molecule has 0 aliphatic carbocycles. The molecule has 3 amide bonds. The maximum absolute atomic E-state index is 14.8. The van der Waals surface area contributed by atoms with Gasteiger partial charge in [-0.25, -0.2) is 4.79 Å². The summed E-state index contributed by atoms with van der Waals surface area (Å²) in [5.74, 6) is -0.0815. The standard InChI is InChI=1S/C35H53N3O4/c1-10-11-22-36-32(39)31(30-25(4)16-15-17-26(30)5)38(27(6)21-20-24(2)3)33(40)29(23-28-18-13-12-14-19-28)37-34(41)42-35(7,8)9/h12-19,24,27,29,31H,10-11,20-23H2,1-9H3,(H,36,39)(H,37,41). The van der Waals surface area contributed by atoms with Crippen LogP contribution in [0.25, 0.3) is 0 Å². The number of nitrogens with one attached hydrogen (secondary N) is 2. The maximum Gasteiger partial charge on any atom is 0.408 e. The molecule has 7 heteroatoms. The van der Waals surface area contributed by atoms with Gasteiger partial charge >= 0.3 is 6.09 Å². The van der Waals surface area contributed by atoms with Gasteiger partial charge in [0.1, 0.15) is 17.7 Å². The lowest BCUT2D eigenvalue weighted by molar-refractivity contribution is -0.145. The van der Waals surface area contributed by atoms with Crippen molar-refractivity contribution >= 4 is 17.9 Å². The Labute approximate surface area is 253 Å². The molecule has 2 rings (SSSR count). The highest BCUT2D eigenvalue weighted by Gasteiger charge is 2.40. The highest BCUT2D eigenvalue weighted by atomic mass is 16.6. The fourth-order valence-corrected chi connectivity index (χ4v) is 5.13. The summed E-state index contributed by atoms with van der Waals surface area (Å²) in [5.41, 5.74) is 2.89. The molecule has 2 N–H and O–H groups in total. The van der Waals surface area contributed by atoms with Crippen molar-refractivity contribution in [3.63, 3.8) is 0 Å². The molecule has 0 bridgehead atoms. The quantitative estimate of drug-likeness (QED) is 0.235. The Bertz CT molecular complexity index is 1140. The second-order valence-corrected chi connectivity index (χ2v) is 12.8. The van der Waals surface area contributed by atoms with Crippen molar-refractivity contribution in [2.45, 2.75) is 118 Å². The van der Waals surface area contributed by atoms with Crippen LogP contribution in [-0.4, -0.2) is 47.0 Å². The number of amides is 3. The summed E-state index contributed by atoms with van der Waals surface area (Å²) in [4.78, 5) is 43.6. The molecule has 0 aromatic heterocycles. The normalized spacial score (nSPS) is 13.7. The van der Waals surface area contributed by atoms with Crippen molar-refractivity contribution in [3.8, 4) is 0 Å². The molecule has 0 heterocycles. The lowest BCUT2D eigenvalue weighted by atomic mass is 9.91. The van der Waals surface area contributed by atoms with Gasteiger partial charge in [-0.15, -0.1) is 0 Å². The zero-order valence-corrected chi connectivity index (χ0v) is 27.3. The predicted molar refractivity (Wildman–Crippen MR) is 170 cm³/mol. The van der Waals surface area contributed by atoms with Crippen LogP contribution in [0, 0.1) is 19.8 Å². The number of carbonyl (C=O) groups is 3. The summed E-state index contributed by atoms with van der Waals surface area (Å²) >= 11 is 0.